The van der Waals surface area contributed by atoms with Crippen molar-refractivity contribution in [2.45, 2.75) is 0 Å². The number of aromatic hydroxyl groups is 1. The third kappa shape index (κ3) is 4.17. The minimum absolute atomic E-state index is 0.0608. The number of carboxylic acid groups (broad SMARTS) is 1. The van der Waals surface area contributed by atoms with Crippen molar-refractivity contribution in [1.29, 1.82) is 0 Å². The summed E-state index contributed by atoms with van der Waals surface area (Å²) in [7, 11) is 0. The molecule has 136 valence electrons. The number of hydrogen-bond donors (Lipinski definition) is 3. The number of hydrogen-bond acceptors (Lipinski definition) is 4. The van der Waals surface area contributed by atoms with Crippen LogP contribution in [0.1, 0.15) is 10.4 Å². The lowest BCUT2D eigenvalue weighted by Crippen LogP contribution is -2.50. The van der Waals surface area contributed by atoms with Gasteiger partial charge in [0.15, 0.2) is 5.11 Å². The van der Waals surface area contributed by atoms with Crippen LogP contribution in [0.15, 0.2) is 42.5 Å². The van der Waals surface area contributed by atoms with E-state index in [0.29, 0.717) is 10.8 Å². The highest BCUT2D eigenvalue weighted by Gasteiger charge is 2.19. The Morgan fingerprint density at radius 1 is 1.08 bits per heavy atom. The summed E-state index contributed by atoms with van der Waals surface area (Å²) in [6, 6.07) is 11.8. The molecular weight excluding hydrogens is 374 g/mol. The van der Waals surface area contributed by atoms with Crippen LogP contribution in [0.25, 0.3) is 0 Å². The summed E-state index contributed by atoms with van der Waals surface area (Å²) >= 11 is 11.4. The normalized spacial score (nSPS) is 14.2. The lowest BCUT2D eigenvalue weighted by molar-refractivity contribution is 0.0697. The lowest BCUT2D eigenvalue weighted by Gasteiger charge is -2.37. The first-order valence-electron chi connectivity index (χ1n) is 8.07. The third-order valence-electron chi connectivity index (χ3n) is 4.23. The highest BCUT2D eigenvalue weighted by molar-refractivity contribution is 7.80. The number of nitrogens with one attached hydrogen (secondary N) is 1. The number of aromatic carboxylic acids is 1. The molecule has 0 aromatic heterocycles. The number of halogens is 1. The van der Waals surface area contributed by atoms with E-state index in [9.17, 15) is 9.90 Å². The van der Waals surface area contributed by atoms with E-state index in [-0.39, 0.29) is 16.3 Å². The fourth-order valence-corrected chi connectivity index (χ4v) is 3.36. The molecule has 0 amide bonds. The molecule has 0 aliphatic carbocycles. The highest BCUT2D eigenvalue weighted by atomic mass is 35.5. The summed E-state index contributed by atoms with van der Waals surface area (Å²) in [5.74, 6) is -0.806. The molecule has 0 unspecified atom stereocenters. The summed E-state index contributed by atoms with van der Waals surface area (Å²) in [6.45, 7) is 3.14. The predicted molar refractivity (Wildman–Crippen MR) is 107 cm³/mol. The zero-order valence-electron chi connectivity index (χ0n) is 13.9. The average molecular weight is 392 g/mol. The van der Waals surface area contributed by atoms with E-state index < -0.39 is 5.97 Å². The molecule has 1 heterocycles. The Labute approximate surface area is 161 Å². The molecule has 3 rings (SSSR count). The van der Waals surface area contributed by atoms with Crippen LogP contribution < -0.4 is 10.2 Å². The van der Waals surface area contributed by atoms with Crippen molar-refractivity contribution in [2.24, 2.45) is 0 Å². The molecule has 3 N–H and O–H groups in total. The van der Waals surface area contributed by atoms with Crippen LogP contribution in [0.2, 0.25) is 5.02 Å². The second kappa shape index (κ2) is 7.80. The van der Waals surface area contributed by atoms with Crippen LogP contribution in [0.5, 0.6) is 5.75 Å². The number of piperazine rings is 1. The molecule has 1 saturated heterocycles. The molecule has 0 bridgehead atoms. The fourth-order valence-electron chi connectivity index (χ4n) is 2.80. The Morgan fingerprint density at radius 3 is 2.31 bits per heavy atom. The Morgan fingerprint density at radius 2 is 1.73 bits per heavy atom. The van der Waals surface area contributed by atoms with Gasteiger partial charge in [0.25, 0.3) is 0 Å². The molecule has 6 nitrogen and oxygen atoms in total. The number of nitrogens with zero attached hydrogens (tertiary/aromatic N) is 2. The van der Waals surface area contributed by atoms with Gasteiger partial charge in [-0.2, -0.15) is 0 Å². The maximum Gasteiger partial charge on any atom is 0.337 e. The molecule has 0 spiro atoms. The summed E-state index contributed by atoms with van der Waals surface area (Å²) < 4.78 is 0. The maximum absolute atomic E-state index is 11.0. The quantitative estimate of drug-likeness (QED) is 0.693. The first-order valence-corrected chi connectivity index (χ1v) is 8.85. The Kier molecular flexibility index (Phi) is 5.49. The Hall–Kier alpha value is -2.51. The van der Waals surface area contributed by atoms with Gasteiger partial charge < -0.3 is 25.3 Å². The number of rotatable bonds is 3. The second-order valence-corrected chi connectivity index (χ2v) is 6.71. The van der Waals surface area contributed by atoms with Crippen molar-refractivity contribution < 1.29 is 15.0 Å². The van der Waals surface area contributed by atoms with E-state index in [1.807, 2.05) is 12.1 Å². The zero-order valence-corrected chi connectivity index (χ0v) is 15.4. The Balaban J connectivity index is 1.57. The largest absolute Gasteiger partial charge is 0.508 e. The fraction of sp³-hybridized carbons (Fsp3) is 0.222. The second-order valence-electron chi connectivity index (χ2n) is 5.92. The van der Waals surface area contributed by atoms with Gasteiger partial charge in [-0.3, -0.25) is 0 Å². The number of phenolic OH excluding ortho intramolecular Hbond substituents is 1. The summed E-state index contributed by atoms with van der Waals surface area (Å²) in [5, 5.41) is 22.3. The Bertz CT molecular complexity index is 821. The molecule has 1 fully saturated rings. The van der Waals surface area contributed by atoms with Crippen LogP contribution >= 0.6 is 23.8 Å². The molecule has 1 aliphatic heterocycles. The minimum atomic E-state index is -1.06. The average Bonchev–Trinajstić information content (AvgIpc) is 2.62. The van der Waals surface area contributed by atoms with Gasteiger partial charge >= 0.3 is 5.97 Å². The van der Waals surface area contributed by atoms with Gasteiger partial charge in [-0.25, -0.2) is 4.79 Å². The van der Waals surface area contributed by atoms with E-state index >= 15 is 0 Å². The minimum Gasteiger partial charge on any atom is -0.508 e. The number of benzene rings is 2. The predicted octanol–water partition coefficient (Wildman–Crippen LogP) is 3.26. The summed E-state index contributed by atoms with van der Waals surface area (Å²) in [4.78, 5) is 15.3. The number of carbonyl (C=O) groups is 1. The van der Waals surface area contributed by atoms with Gasteiger partial charge in [0.05, 0.1) is 10.6 Å². The molecule has 1 aliphatic rings. The maximum atomic E-state index is 11.0. The molecule has 26 heavy (non-hydrogen) atoms. The summed E-state index contributed by atoms with van der Waals surface area (Å²) in [6.07, 6.45) is 0. The van der Waals surface area contributed by atoms with Gasteiger partial charge in [0.1, 0.15) is 5.75 Å². The smallest absolute Gasteiger partial charge is 0.337 e. The molecule has 8 heteroatoms. The van der Waals surface area contributed by atoms with Crippen molar-refractivity contribution >= 4 is 46.3 Å². The number of carboxylic acids is 1. The van der Waals surface area contributed by atoms with Crippen LogP contribution in [-0.4, -0.2) is 52.4 Å². The standard InChI is InChI=1S/C18H18ClN3O3S/c19-16-11-12(1-6-15(16)17(24)25)20-18(26)22-9-7-21(8-10-22)13-2-4-14(23)5-3-13/h1-6,11,23H,7-10H2,(H,20,26)(H,24,25). The van der Waals surface area contributed by atoms with E-state index in [1.165, 1.54) is 6.07 Å². The highest BCUT2D eigenvalue weighted by Crippen LogP contribution is 2.22. The SMILES string of the molecule is O=C(O)c1ccc(NC(=S)N2CCN(c3ccc(O)cc3)CC2)cc1Cl. The number of thiocarbonyl (C=S) groups is 1. The van der Waals surface area contributed by atoms with Gasteiger partial charge in [0, 0.05) is 37.6 Å². The number of anilines is 2. The topological polar surface area (TPSA) is 76.0 Å². The van der Waals surface area contributed by atoms with Crippen LogP contribution in [0, 0.1) is 0 Å². The van der Waals surface area contributed by atoms with E-state index in [1.54, 1.807) is 24.3 Å². The lowest BCUT2D eigenvalue weighted by atomic mass is 10.2. The molecule has 2 aromatic carbocycles. The van der Waals surface area contributed by atoms with Crippen LogP contribution in [-0.2, 0) is 0 Å². The van der Waals surface area contributed by atoms with Gasteiger partial charge in [0.2, 0.25) is 0 Å². The molecule has 0 radical (unpaired) electrons. The summed E-state index contributed by atoms with van der Waals surface area (Å²) in [5.41, 5.74) is 1.79. The van der Waals surface area contributed by atoms with Gasteiger partial charge in [-0.1, -0.05) is 11.6 Å². The van der Waals surface area contributed by atoms with Crippen molar-refractivity contribution in [3.8, 4) is 5.75 Å². The first kappa shape index (κ1) is 18.3. The van der Waals surface area contributed by atoms with E-state index in [4.69, 9.17) is 28.9 Å². The van der Waals surface area contributed by atoms with E-state index in [2.05, 4.69) is 15.1 Å². The monoisotopic (exact) mass is 391 g/mol. The molecule has 0 saturated carbocycles. The van der Waals surface area contributed by atoms with Crippen LogP contribution in [0.3, 0.4) is 0 Å². The third-order valence-corrected chi connectivity index (χ3v) is 4.91. The first-order chi connectivity index (χ1) is 12.4. The van der Waals surface area contributed by atoms with Crippen LogP contribution in [0.4, 0.5) is 11.4 Å². The van der Waals surface area contributed by atoms with Gasteiger partial charge in [-0.15, -0.1) is 0 Å². The molecular formula is C18H18ClN3O3S. The van der Waals surface area contributed by atoms with Crippen molar-refractivity contribution in [3.63, 3.8) is 0 Å². The van der Waals surface area contributed by atoms with Crippen molar-refractivity contribution in [2.75, 3.05) is 36.4 Å². The van der Waals surface area contributed by atoms with Crippen molar-refractivity contribution in [1.82, 2.24) is 4.90 Å². The number of phenols is 1. The molecule has 0 atom stereocenters. The van der Waals surface area contributed by atoms with E-state index in [0.717, 1.165) is 31.9 Å². The molecule has 2 aromatic rings. The zero-order chi connectivity index (χ0) is 18.7. The van der Waals surface area contributed by atoms with Crippen molar-refractivity contribution in [3.05, 3.63) is 53.1 Å². The van der Waals surface area contributed by atoms with Gasteiger partial charge in [-0.05, 0) is 54.7 Å².